The summed E-state index contributed by atoms with van der Waals surface area (Å²) in [6.45, 7) is 0. The van der Waals surface area contributed by atoms with Crippen molar-refractivity contribution < 1.29 is 13.7 Å². The first kappa shape index (κ1) is 11.1. The van der Waals surface area contributed by atoms with Crippen LogP contribution in [0.4, 0.5) is 14.5 Å². The van der Waals surface area contributed by atoms with Gasteiger partial charge in [0.1, 0.15) is 12.1 Å². The number of aryl methyl sites for hydroxylation is 1. The zero-order valence-corrected chi connectivity index (χ0v) is 8.59. The number of hydrogen-bond donors (Lipinski definition) is 0. The van der Waals surface area contributed by atoms with Crippen molar-refractivity contribution in [2.24, 2.45) is 7.05 Å². The standard InChI is InChI=1S/C9H6F2N4O2/c1-14-4-12-13-9(14)7-5(10)2-3-6(8(7)11)15(16)17/h2-4H,1H3. The molecule has 1 aromatic carbocycles. The Kier molecular flexibility index (Phi) is 2.54. The SMILES string of the molecule is Cn1cnnc1-c1c(F)ccc([N+](=O)[O-])c1F. The van der Waals surface area contributed by atoms with Gasteiger partial charge in [0.05, 0.1) is 10.5 Å². The summed E-state index contributed by atoms with van der Waals surface area (Å²) in [6.07, 6.45) is 1.24. The van der Waals surface area contributed by atoms with Gasteiger partial charge in [0.15, 0.2) is 5.82 Å². The largest absolute Gasteiger partial charge is 0.317 e. The van der Waals surface area contributed by atoms with Gasteiger partial charge in [-0.25, -0.2) is 4.39 Å². The van der Waals surface area contributed by atoms with E-state index in [9.17, 15) is 18.9 Å². The topological polar surface area (TPSA) is 73.8 Å². The van der Waals surface area contributed by atoms with Gasteiger partial charge in [0, 0.05) is 13.1 Å². The van der Waals surface area contributed by atoms with Crippen molar-refractivity contribution in [2.45, 2.75) is 0 Å². The zero-order chi connectivity index (χ0) is 12.6. The van der Waals surface area contributed by atoms with Gasteiger partial charge in [-0.05, 0) is 6.07 Å². The number of rotatable bonds is 2. The lowest BCUT2D eigenvalue weighted by Gasteiger charge is -2.04. The molecule has 0 spiro atoms. The van der Waals surface area contributed by atoms with Crippen LogP contribution in [0.2, 0.25) is 0 Å². The third-order valence-electron chi connectivity index (χ3n) is 2.20. The van der Waals surface area contributed by atoms with Gasteiger partial charge in [-0.3, -0.25) is 10.1 Å². The minimum absolute atomic E-state index is 0.108. The first-order valence-electron chi connectivity index (χ1n) is 4.49. The summed E-state index contributed by atoms with van der Waals surface area (Å²) in [7, 11) is 1.48. The van der Waals surface area contributed by atoms with Crippen LogP contribution in [0.1, 0.15) is 0 Å². The Labute approximate surface area is 93.7 Å². The molecule has 1 heterocycles. The first-order chi connectivity index (χ1) is 8.02. The van der Waals surface area contributed by atoms with E-state index in [-0.39, 0.29) is 5.82 Å². The molecule has 0 unspecified atom stereocenters. The number of nitrogens with zero attached hydrogens (tertiary/aromatic N) is 4. The number of aromatic nitrogens is 3. The molecule has 0 saturated carbocycles. The van der Waals surface area contributed by atoms with Crippen LogP contribution in [-0.2, 0) is 7.05 Å². The molecule has 0 aliphatic rings. The quantitative estimate of drug-likeness (QED) is 0.591. The van der Waals surface area contributed by atoms with Crippen molar-refractivity contribution >= 4 is 5.69 Å². The lowest BCUT2D eigenvalue weighted by Crippen LogP contribution is -2.01. The fourth-order valence-corrected chi connectivity index (χ4v) is 1.40. The van der Waals surface area contributed by atoms with E-state index in [1.54, 1.807) is 0 Å². The summed E-state index contributed by atoms with van der Waals surface area (Å²) in [5.74, 6) is -2.29. The summed E-state index contributed by atoms with van der Waals surface area (Å²) in [6, 6.07) is 1.59. The van der Waals surface area contributed by atoms with Crippen LogP contribution in [0.15, 0.2) is 18.5 Å². The van der Waals surface area contributed by atoms with Crippen LogP contribution in [0.5, 0.6) is 0 Å². The number of nitro benzene ring substituents is 1. The molecule has 1 aromatic heterocycles. The smallest absolute Gasteiger partial charge is 0.305 e. The molecule has 0 aliphatic heterocycles. The monoisotopic (exact) mass is 240 g/mol. The lowest BCUT2D eigenvalue weighted by molar-refractivity contribution is -0.387. The van der Waals surface area contributed by atoms with Crippen molar-refractivity contribution in [2.75, 3.05) is 0 Å². The van der Waals surface area contributed by atoms with Crippen LogP contribution in [0, 0.1) is 21.7 Å². The van der Waals surface area contributed by atoms with Gasteiger partial charge >= 0.3 is 5.69 Å². The maximum absolute atomic E-state index is 13.8. The van der Waals surface area contributed by atoms with Crippen molar-refractivity contribution in [3.05, 3.63) is 40.2 Å². The number of benzene rings is 1. The minimum atomic E-state index is -1.26. The molecule has 2 aromatic rings. The second-order valence-corrected chi connectivity index (χ2v) is 3.28. The Morgan fingerprint density at radius 3 is 2.65 bits per heavy atom. The second-order valence-electron chi connectivity index (χ2n) is 3.28. The fourth-order valence-electron chi connectivity index (χ4n) is 1.40. The van der Waals surface area contributed by atoms with Gasteiger partial charge in [0.2, 0.25) is 5.82 Å². The molecular formula is C9H6F2N4O2. The average molecular weight is 240 g/mol. The summed E-state index contributed by atoms with van der Waals surface area (Å²) < 4.78 is 28.5. The lowest BCUT2D eigenvalue weighted by atomic mass is 10.1. The van der Waals surface area contributed by atoms with E-state index >= 15 is 0 Å². The molecular weight excluding hydrogens is 234 g/mol. The molecule has 0 saturated heterocycles. The molecule has 17 heavy (non-hydrogen) atoms. The van der Waals surface area contributed by atoms with Gasteiger partial charge in [-0.2, -0.15) is 4.39 Å². The summed E-state index contributed by atoms with van der Waals surface area (Å²) in [5.41, 5.74) is -1.36. The predicted molar refractivity (Wildman–Crippen MR) is 53.0 cm³/mol. The van der Waals surface area contributed by atoms with Crippen molar-refractivity contribution in [1.82, 2.24) is 14.8 Å². The van der Waals surface area contributed by atoms with Crippen molar-refractivity contribution in [3.8, 4) is 11.4 Å². The average Bonchev–Trinajstić information content (AvgIpc) is 2.64. The number of nitro groups is 1. The first-order valence-corrected chi connectivity index (χ1v) is 4.49. The molecule has 88 valence electrons. The summed E-state index contributed by atoms with van der Waals surface area (Å²) >= 11 is 0. The third kappa shape index (κ3) is 1.73. The third-order valence-corrected chi connectivity index (χ3v) is 2.20. The van der Waals surface area contributed by atoms with Crippen molar-refractivity contribution in [1.29, 1.82) is 0 Å². The predicted octanol–water partition coefficient (Wildman–Crippen LogP) is 1.67. The Bertz CT molecular complexity index is 597. The van der Waals surface area contributed by atoms with Crippen LogP contribution in [-0.4, -0.2) is 19.7 Å². The Morgan fingerprint density at radius 2 is 2.12 bits per heavy atom. The van der Waals surface area contributed by atoms with E-state index in [2.05, 4.69) is 10.2 Å². The highest BCUT2D eigenvalue weighted by Crippen LogP contribution is 2.29. The van der Waals surface area contributed by atoms with Crippen LogP contribution in [0.3, 0.4) is 0 Å². The number of halogens is 2. The van der Waals surface area contributed by atoms with E-state index < -0.39 is 27.8 Å². The fraction of sp³-hybridized carbons (Fsp3) is 0.111. The molecule has 0 bridgehead atoms. The zero-order valence-electron chi connectivity index (χ0n) is 8.59. The maximum atomic E-state index is 13.8. The van der Waals surface area contributed by atoms with Crippen LogP contribution in [0.25, 0.3) is 11.4 Å². The maximum Gasteiger partial charge on any atom is 0.305 e. The molecule has 0 aliphatic carbocycles. The van der Waals surface area contributed by atoms with Crippen LogP contribution >= 0.6 is 0 Å². The normalized spacial score (nSPS) is 10.5. The molecule has 0 fully saturated rings. The molecule has 6 nitrogen and oxygen atoms in total. The van der Waals surface area contributed by atoms with Crippen LogP contribution < -0.4 is 0 Å². The Hall–Kier alpha value is -2.38. The Balaban J connectivity index is 2.73. The van der Waals surface area contributed by atoms with Gasteiger partial charge in [-0.15, -0.1) is 10.2 Å². The van der Waals surface area contributed by atoms with Gasteiger partial charge in [-0.1, -0.05) is 0 Å². The van der Waals surface area contributed by atoms with E-state index in [0.29, 0.717) is 0 Å². The summed E-state index contributed by atoms with van der Waals surface area (Å²) in [5, 5.41) is 17.5. The van der Waals surface area contributed by atoms with E-state index in [4.69, 9.17) is 0 Å². The highest BCUT2D eigenvalue weighted by molar-refractivity contribution is 5.61. The van der Waals surface area contributed by atoms with Gasteiger partial charge in [0.25, 0.3) is 0 Å². The number of hydrogen-bond acceptors (Lipinski definition) is 4. The molecule has 8 heteroatoms. The Morgan fingerprint density at radius 1 is 1.41 bits per heavy atom. The molecule has 2 rings (SSSR count). The highest BCUT2D eigenvalue weighted by atomic mass is 19.1. The van der Waals surface area contributed by atoms with E-state index in [0.717, 1.165) is 12.1 Å². The molecule has 0 N–H and O–H groups in total. The van der Waals surface area contributed by atoms with E-state index in [1.807, 2.05) is 0 Å². The highest BCUT2D eigenvalue weighted by Gasteiger charge is 2.24. The molecule has 0 atom stereocenters. The second kappa shape index (κ2) is 3.89. The summed E-state index contributed by atoms with van der Waals surface area (Å²) in [4.78, 5) is 9.62. The molecule has 0 radical (unpaired) electrons. The van der Waals surface area contributed by atoms with Crippen molar-refractivity contribution in [3.63, 3.8) is 0 Å². The molecule has 0 amide bonds. The van der Waals surface area contributed by atoms with E-state index in [1.165, 1.54) is 17.9 Å². The minimum Gasteiger partial charge on any atom is -0.317 e. The van der Waals surface area contributed by atoms with Gasteiger partial charge < -0.3 is 4.57 Å².